The van der Waals surface area contributed by atoms with Crippen molar-refractivity contribution < 1.29 is 5.11 Å². The van der Waals surface area contributed by atoms with E-state index < -0.39 is 0 Å². The number of nitrogens with zero attached hydrogens (tertiary/aromatic N) is 1. The number of halogens is 2. The second kappa shape index (κ2) is 3.63. The van der Waals surface area contributed by atoms with Crippen molar-refractivity contribution in [2.75, 3.05) is 0 Å². The Labute approximate surface area is 93.9 Å². The van der Waals surface area contributed by atoms with Crippen LogP contribution in [0.3, 0.4) is 0 Å². The van der Waals surface area contributed by atoms with Crippen LogP contribution in [-0.4, -0.2) is 15.1 Å². The van der Waals surface area contributed by atoms with Crippen LogP contribution >= 0.6 is 27.5 Å². The van der Waals surface area contributed by atoms with Gasteiger partial charge < -0.3 is 10.1 Å². The smallest absolute Gasteiger partial charge is 0.139 e. The van der Waals surface area contributed by atoms with Gasteiger partial charge in [0.1, 0.15) is 5.75 Å². The Balaban J connectivity index is 2.64. The topological polar surface area (TPSA) is 48.9 Å². The van der Waals surface area contributed by atoms with E-state index in [1.54, 1.807) is 24.7 Å². The first-order valence-corrected chi connectivity index (χ1v) is 5.02. The molecule has 72 valence electrons. The lowest BCUT2D eigenvalue weighted by atomic mass is 10.1. The Bertz CT molecular complexity index is 456. The molecule has 0 atom stereocenters. The van der Waals surface area contributed by atoms with Crippen LogP contribution in [0.5, 0.6) is 5.75 Å². The van der Waals surface area contributed by atoms with Crippen LogP contribution < -0.4 is 0 Å². The molecule has 0 radical (unpaired) electrons. The maximum Gasteiger partial charge on any atom is 0.139 e. The molecule has 0 saturated heterocycles. The molecular weight excluding hydrogens is 267 g/mol. The molecule has 0 spiro atoms. The Kier molecular flexibility index (Phi) is 2.48. The van der Waals surface area contributed by atoms with Crippen LogP contribution in [0.1, 0.15) is 0 Å². The van der Waals surface area contributed by atoms with Crippen LogP contribution in [0.2, 0.25) is 5.02 Å². The minimum Gasteiger partial charge on any atom is -0.506 e. The van der Waals surface area contributed by atoms with Gasteiger partial charge in [0.05, 0.1) is 22.7 Å². The molecule has 0 aliphatic rings. The predicted molar refractivity (Wildman–Crippen MR) is 58.4 cm³/mol. The fraction of sp³-hybridized carbons (Fsp3) is 0. The van der Waals surface area contributed by atoms with E-state index in [1.165, 1.54) is 0 Å². The number of hydrogen-bond donors (Lipinski definition) is 2. The summed E-state index contributed by atoms with van der Waals surface area (Å²) < 4.78 is 0.564. The van der Waals surface area contributed by atoms with E-state index in [0.717, 1.165) is 5.69 Å². The molecule has 1 aromatic heterocycles. The summed E-state index contributed by atoms with van der Waals surface area (Å²) in [6.45, 7) is 0. The average molecular weight is 274 g/mol. The van der Waals surface area contributed by atoms with E-state index in [2.05, 4.69) is 25.9 Å². The van der Waals surface area contributed by atoms with Crippen molar-refractivity contribution in [1.29, 1.82) is 0 Å². The second-order valence-electron chi connectivity index (χ2n) is 2.75. The van der Waals surface area contributed by atoms with Crippen LogP contribution in [0, 0.1) is 0 Å². The summed E-state index contributed by atoms with van der Waals surface area (Å²) in [6, 6.07) is 3.31. The van der Waals surface area contributed by atoms with E-state index >= 15 is 0 Å². The zero-order valence-electron chi connectivity index (χ0n) is 6.96. The molecule has 2 aromatic rings. The summed E-state index contributed by atoms with van der Waals surface area (Å²) in [6.07, 6.45) is 3.17. The number of aromatic amines is 1. The molecule has 2 N–H and O–H groups in total. The number of aromatic nitrogens is 2. The van der Waals surface area contributed by atoms with E-state index in [0.29, 0.717) is 15.1 Å². The summed E-state index contributed by atoms with van der Waals surface area (Å²) >= 11 is 9.08. The number of phenolic OH excluding ortho intramolecular Hbond substituents is 1. The fourth-order valence-corrected chi connectivity index (χ4v) is 1.98. The predicted octanol–water partition coefficient (Wildman–Crippen LogP) is 3.20. The average Bonchev–Trinajstić information content (AvgIpc) is 2.63. The lowest BCUT2D eigenvalue weighted by Gasteiger charge is -2.04. The monoisotopic (exact) mass is 272 g/mol. The van der Waals surface area contributed by atoms with Gasteiger partial charge in [0, 0.05) is 10.6 Å². The molecule has 0 saturated carbocycles. The van der Waals surface area contributed by atoms with Crippen LogP contribution in [0.25, 0.3) is 11.3 Å². The highest BCUT2D eigenvalue weighted by atomic mass is 79.9. The molecule has 0 amide bonds. The Morgan fingerprint density at radius 1 is 1.43 bits per heavy atom. The molecule has 0 unspecified atom stereocenters. The van der Waals surface area contributed by atoms with Gasteiger partial charge in [-0.15, -0.1) is 0 Å². The van der Waals surface area contributed by atoms with Gasteiger partial charge in [0.2, 0.25) is 0 Å². The molecule has 1 heterocycles. The standard InChI is InChI=1S/C9H6BrClN2O/c10-7-2-5(11)1-6(9(7)14)8-3-12-4-13-8/h1-4,14H,(H,12,13). The fourth-order valence-electron chi connectivity index (χ4n) is 1.17. The van der Waals surface area contributed by atoms with Gasteiger partial charge in [-0.25, -0.2) is 4.98 Å². The number of rotatable bonds is 1. The van der Waals surface area contributed by atoms with Crippen LogP contribution in [0.4, 0.5) is 0 Å². The highest BCUT2D eigenvalue weighted by molar-refractivity contribution is 9.10. The van der Waals surface area contributed by atoms with Crippen molar-refractivity contribution in [2.45, 2.75) is 0 Å². The zero-order valence-corrected chi connectivity index (χ0v) is 9.30. The van der Waals surface area contributed by atoms with Gasteiger partial charge in [0.15, 0.2) is 0 Å². The van der Waals surface area contributed by atoms with Crippen molar-refractivity contribution in [3.63, 3.8) is 0 Å². The molecule has 5 heteroatoms. The summed E-state index contributed by atoms with van der Waals surface area (Å²) in [4.78, 5) is 6.77. The van der Waals surface area contributed by atoms with Crippen molar-refractivity contribution in [2.24, 2.45) is 0 Å². The first-order valence-electron chi connectivity index (χ1n) is 3.85. The van der Waals surface area contributed by atoms with E-state index in [1.807, 2.05) is 0 Å². The highest BCUT2D eigenvalue weighted by Gasteiger charge is 2.10. The van der Waals surface area contributed by atoms with Gasteiger partial charge in [0.25, 0.3) is 0 Å². The summed E-state index contributed by atoms with van der Waals surface area (Å²) in [7, 11) is 0. The zero-order chi connectivity index (χ0) is 10.1. The van der Waals surface area contributed by atoms with E-state index in [9.17, 15) is 5.11 Å². The first-order chi connectivity index (χ1) is 6.68. The van der Waals surface area contributed by atoms with Gasteiger partial charge in [-0.1, -0.05) is 11.6 Å². The Morgan fingerprint density at radius 3 is 2.86 bits per heavy atom. The minimum atomic E-state index is 0.152. The second-order valence-corrected chi connectivity index (χ2v) is 4.04. The minimum absolute atomic E-state index is 0.152. The molecule has 0 aliphatic carbocycles. The first kappa shape index (κ1) is 9.55. The SMILES string of the molecule is Oc1c(Br)cc(Cl)cc1-c1cnc[nH]1. The number of nitrogens with one attached hydrogen (secondary N) is 1. The van der Waals surface area contributed by atoms with Gasteiger partial charge in [-0.05, 0) is 28.1 Å². The summed E-state index contributed by atoms with van der Waals surface area (Å²) in [5, 5.41) is 10.3. The van der Waals surface area contributed by atoms with Gasteiger partial charge in [-0.3, -0.25) is 0 Å². The number of aromatic hydroxyl groups is 1. The van der Waals surface area contributed by atoms with Crippen molar-refractivity contribution in [1.82, 2.24) is 9.97 Å². The molecular formula is C9H6BrClN2O. The van der Waals surface area contributed by atoms with Crippen LogP contribution in [0.15, 0.2) is 29.1 Å². The molecule has 3 nitrogen and oxygen atoms in total. The van der Waals surface area contributed by atoms with Gasteiger partial charge in [-0.2, -0.15) is 0 Å². The highest BCUT2D eigenvalue weighted by Crippen LogP contribution is 2.36. The Hall–Kier alpha value is -1.00. The normalized spacial score (nSPS) is 10.4. The van der Waals surface area contributed by atoms with Gasteiger partial charge >= 0.3 is 0 Å². The van der Waals surface area contributed by atoms with Crippen LogP contribution in [-0.2, 0) is 0 Å². The van der Waals surface area contributed by atoms with Crippen molar-refractivity contribution in [3.8, 4) is 17.0 Å². The maximum absolute atomic E-state index is 9.74. The molecule has 14 heavy (non-hydrogen) atoms. The number of hydrogen-bond acceptors (Lipinski definition) is 2. The lowest BCUT2D eigenvalue weighted by molar-refractivity contribution is 0.474. The molecule has 0 bridgehead atoms. The quantitative estimate of drug-likeness (QED) is 0.838. The third-order valence-electron chi connectivity index (χ3n) is 1.82. The molecule has 1 aromatic carbocycles. The molecule has 0 aliphatic heterocycles. The van der Waals surface area contributed by atoms with Crippen molar-refractivity contribution >= 4 is 27.5 Å². The maximum atomic E-state index is 9.74. The number of benzene rings is 1. The lowest BCUT2D eigenvalue weighted by Crippen LogP contribution is -1.80. The van der Waals surface area contributed by atoms with E-state index in [-0.39, 0.29) is 5.75 Å². The summed E-state index contributed by atoms with van der Waals surface area (Å²) in [5.41, 5.74) is 1.35. The number of H-pyrrole nitrogens is 1. The molecule has 2 rings (SSSR count). The third-order valence-corrected chi connectivity index (χ3v) is 2.64. The Morgan fingerprint density at radius 2 is 2.21 bits per heavy atom. The van der Waals surface area contributed by atoms with E-state index in [4.69, 9.17) is 11.6 Å². The largest absolute Gasteiger partial charge is 0.506 e. The number of imidazole rings is 1. The molecule has 0 fully saturated rings. The summed E-state index contributed by atoms with van der Waals surface area (Å²) in [5.74, 6) is 0.152. The van der Waals surface area contributed by atoms with Crippen molar-refractivity contribution in [3.05, 3.63) is 34.2 Å². The number of phenols is 1. The third kappa shape index (κ3) is 1.63.